The van der Waals surface area contributed by atoms with Crippen LogP contribution < -0.4 is 0 Å². The lowest BCUT2D eigenvalue weighted by atomic mass is 9.70. The highest BCUT2D eigenvalue weighted by atomic mass is 14.7. The maximum atomic E-state index is 8.78. The molecule has 0 aliphatic heterocycles. The molecule has 0 radical (unpaired) electrons. The van der Waals surface area contributed by atoms with Crippen LogP contribution in [0.15, 0.2) is 188 Å². The summed E-state index contributed by atoms with van der Waals surface area (Å²) in [6.45, 7) is 0. The van der Waals surface area contributed by atoms with Crippen LogP contribution >= 0.6 is 0 Å². The fourth-order valence-corrected chi connectivity index (χ4v) is 8.39. The zero-order valence-electron chi connectivity index (χ0n) is 27.8. The summed E-state index contributed by atoms with van der Waals surface area (Å²) < 4.78 is 8.78. The van der Waals surface area contributed by atoms with E-state index in [1.54, 1.807) is 0 Å². The molecular weight excluding hydrogens is 591 g/mol. The fraction of sp³-hybridized carbons (Fsp3) is 0.0208. The van der Waals surface area contributed by atoms with Crippen molar-refractivity contribution in [2.24, 2.45) is 0 Å². The second-order valence-corrected chi connectivity index (χ2v) is 13.0. The number of benzene rings is 7. The van der Waals surface area contributed by atoms with Gasteiger partial charge in [0.05, 0.1) is 18.2 Å². The molecule has 2 aliphatic carbocycles. The van der Waals surface area contributed by atoms with Crippen LogP contribution in [0.1, 0.15) is 23.6 Å². The highest BCUT2D eigenvalue weighted by molar-refractivity contribution is 6.00. The maximum Gasteiger partial charge on any atom is 0.0725 e. The van der Waals surface area contributed by atoms with E-state index in [0.29, 0.717) is 6.04 Å². The van der Waals surface area contributed by atoms with Gasteiger partial charge in [-0.05, 0) is 85.0 Å². The van der Waals surface area contributed by atoms with Crippen LogP contribution in [-0.2, 0) is 5.41 Å². The normalized spacial score (nSPS) is 13.3. The number of rotatable bonds is 4. The number of nitrogens with zero attached hydrogens (tertiary/aromatic N) is 1. The third kappa shape index (κ3) is 4.09. The van der Waals surface area contributed by atoms with Crippen LogP contribution in [0.4, 0.5) is 0 Å². The van der Waals surface area contributed by atoms with Gasteiger partial charge in [0.25, 0.3) is 0 Å². The van der Waals surface area contributed by atoms with Gasteiger partial charge in [0.2, 0.25) is 0 Å². The Balaban J connectivity index is 1.25. The Hall–Kier alpha value is -6.31. The maximum absolute atomic E-state index is 8.78. The number of pyridine rings is 1. The summed E-state index contributed by atoms with van der Waals surface area (Å²) in [6.07, 6.45) is 0. The monoisotopic (exact) mass is 622 g/mol. The SMILES string of the molecule is [2H]c1cc(-c2ccccc2)cc(-c2cc(-c3ccccc3)cc(-c3cccc4c3-c3ccccc3C43c4ccccc4-c4ccccc43)n2)c1. The quantitative estimate of drug-likeness (QED) is 0.190. The van der Waals surface area contributed by atoms with E-state index in [9.17, 15) is 0 Å². The zero-order valence-corrected chi connectivity index (χ0v) is 26.8. The smallest absolute Gasteiger partial charge is 0.0725 e. The molecule has 1 heteroatoms. The van der Waals surface area contributed by atoms with Crippen LogP contribution in [0, 0.1) is 0 Å². The molecule has 1 spiro atoms. The lowest BCUT2D eigenvalue weighted by molar-refractivity contribution is 0.794. The molecule has 1 heterocycles. The molecule has 0 saturated heterocycles. The van der Waals surface area contributed by atoms with E-state index in [1.807, 2.05) is 30.3 Å². The summed E-state index contributed by atoms with van der Waals surface area (Å²) >= 11 is 0. The predicted octanol–water partition coefficient (Wildman–Crippen LogP) is 12.1. The third-order valence-corrected chi connectivity index (χ3v) is 10.4. The highest BCUT2D eigenvalue weighted by Gasteiger charge is 2.52. The van der Waals surface area contributed by atoms with Gasteiger partial charge in [-0.2, -0.15) is 0 Å². The molecule has 2 aliphatic rings. The van der Waals surface area contributed by atoms with Gasteiger partial charge in [0.15, 0.2) is 0 Å². The number of hydrogen-bond donors (Lipinski definition) is 0. The first-order valence-corrected chi connectivity index (χ1v) is 16.9. The van der Waals surface area contributed by atoms with E-state index in [2.05, 4.69) is 152 Å². The summed E-state index contributed by atoms with van der Waals surface area (Å²) in [5.74, 6) is 0. The van der Waals surface area contributed by atoms with Crippen molar-refractivity contribution in [3.8, 4) is 67.0 Å². The van der Waals surface area contributed by atoms with E-state index in [0.717, 1.165) is 44.8 Å². The average molecular weight is 623 g/mol. The molecule has 8 aromatic rings. The highest BCUT2D eigenvalue weighted by Crippen LogP contribution is 2.63. The lowest BCUT2D eigenvalue weighted by Gasteiger charge is -2.30. The Morgan fingerprint density at radius 3 is 1.51 bits per heavy atom. The lowest BCUT2D eigenvalue weighted by Crippen LogP contribution is -2.25. The van der Waals surface area contributed by atoms with Crippen molar-refractivity contribution in [2.75, 3.05) is 0 Å². The Bertz CT molecular complexity index is 2560. The number of hydrogen-bond acceptors (Lipinski definition) is 1. The van der Waals surface area contributed by atoms with Crippen LogP contribution in [0.2, 0.25) is 0 Å². The minimum absolute atomic E-state index is 0.418. The Morgan fingerprint density at radius 2 is 0.837 bits per heavy atom. The minimum atomic E-state index is -0.418. The van der Waals surface area contributed by atoms with Crippen LogP contribution in [0.5, 0.6) is 0 Å². The number of aromatic nitrogens is 1. The molecule has 228 valence electrons. The van der Waals surface area contributed by atoms with E-state index in [1.165, 1.54) is 44.5 Å². The van der Waals surface area contributed by atoms with Crippen molar-refractivity contribution in [3.63, 3.8) is 0 Å². The molecule has 0 N–H and O–H groups in total. The van der Waals surface area contributed by atoms with Gasteiger partial charge in [-0.3, -0.25) is 0 Å². The number of fused-ring (bicyclic) bond motifs is 10. The molecule has 0 atom stereocenters. The molecule has 1 nitrogen and oxygen atoms in total. The fourth-order valence-electron chi connectivity index (χ4n) is 8.39. The van der Waals surface area contributed by atoms with Crippen molar-refractivity contribution in [1.29, 1.82) is 0 Å². The van der Waals surface area contributed by atoms with E-state index in [-0.39, 0.29) is 0 Å². The standard InChI is InChI=1S/C48H31N/c1-3-15-32(16-4-1)34-19-13-20-35(29-34)45-30-36(33-17-5-2-6-18-33)31-46(49-45)40-24-14-28-44-47(40)39-23-9-12-27-43(39)48(44)41-25-10-7-21-37(41)38-22-8-11-26-42(38)48/h1-31H/i13D. The van der Waals surface area contributed by atoms with Gasteiger partial charge >= 0.3 is 0 Å². The molecule has 10 rings (SSSR count). The Labute approximate surface area is 288 Å². The van der Waals surface area contributed by atoms with E-state index in [4.69, 9.17) is 6.35 Å². The molecule has 0 fully saturated rings. The molecule has 7 aromatic carbocycles. The first-order valence-electron chi connectivity index (χ1n) is 17.4. The molecule has 1 aromatic heterocycles. The van der Waals surface area contributed by atoms with Gasteiger partial charge in [0.1, 0.15) is 0 Å². The minimum Gasteiger partial charge on any atom is -0.248 e. The predicted molar refractivity (Wildman–Crippen MR) is 202 cm³/mol. The first-order chi connectivity index (χ1) is 24.7. The summed E-state index contributed by atoms with van der Waals surface area (Å²) in [4.78, 5) is 5.45. The molecule has 0 saturated carbocycles. The Morgan fingerprint density at radius 1 is 0.347 bits per heavy atom. The van der Waals surface area contributed by atoms with Crippen molar-refractivity contribution < 1.29 is 1.37 Å². The first kappa shape index (κ1) is 26.7. The zero-order chi connectivity index (χ0) is 33.2. The molecular formula is C48H31N. The van der Waals surface area contributed by atoms with Gasteiger partial charge < -0.3 is 0 Å². The second kappa shape index (κ2) is 10.9. The summed E-state index contributed by atoms with van der Waals surface area (Å²) in [7, 11) is 0. The molecule has 0 amide bonds. The Kier molecular flexibility index (Phi) is 5.93. The molecule has 0 unspecified atom stereocenters. The third-order valence-electron chi connectivity index (χ3n) is 10.4. The van der Waals surface area contributed by atoms with Gasteiger partial charge in [-0.1, -0.05) is 170 Å². The average Bonchev–Trinajstić information content (AvgIpc) is 3.66. The van der Waals surface area contributed by atoms with Crippen LogP contribution in [0.3, 0.4) is 0 Å². The summed E-state index contributed by atoms with van der Waals surface area (Å²) in [5.41, 5.74) is 18.1. The van der Waals surface area contributed by atoms with Crippen LogP contribution in [-0.4, -0.2) is 4.98 Å². The van der Waals surface area contributed by atoms with Crippen molar-refractivity contribution in [1.82, 2.24) is 4.98 Å². The summed E-state index contributed by atoms with van der Waals surface area (Å²) in [6, 6.07) is 65.3. The van der Waals surface area contributed by atoms with E-state index < -0.39 is 5.41 Å². The van der Waals surface area contributed by atoms with Crippen molar-refractivity contribution in [2.45, 2.75) is 5.41 Å². The van der Waals surface area contributed by atoms with Gasteiger partial charge in [0, 0.05) is 11.1 Å². The van der Waals surface area contributed by atoms with Gasteiger partial charge in [-0.15, -0.1) is 0 Å². The largest absolute Gasteiger partial charge is 0.248 e. The topological polar surface area (TPSA) is 12.9 Å². The molecule has 0 bridgehead atoms. The molecule has 49 heavy (non-hydrogen) atoms. The van der Waals surface area contributed by atoms with Gasteiger partial charge in [-0.25, -0.2) is 4.98 Å². The van der Waals surface area contributed by atoms with Crippen LogP contribution in [0.25, 0.3) is 67.0 Å². The summed E-state index contributed by atoms with van der Waals surface area (Å²) in [5, 5.41) is 0. The van der Waals surface area contributed by atoms with E-state index >= 15 is 0 Å². The van der Waals surface area contributed by atoms with Crippen molar-refractivity contribution in [3.05, 3.63) is 210 Å². The second-order valence-electron chi connectivity index (χ2n) is 13.0. The van der Waals surface area contributed by atoms with Crippen molar-refractivity contribution >= 4 is 0 Å².